The minimum absolute atomic E-state index is 0.120. The Morgan fingerprint density at radius 2 is 2.31 bits per heavy atom. The van der Waals surface area contributed by atoms with Gasteiger partial charge in [0.05, 0.1) is 0 Å². The van der Waals surface area contributed by atoms with Gasteiger partial charge in [0.15, 0.2) is 0 Å². The van der Waals surface area contributed by atoms with Gasteiger partial charge < -0.3 is 9.64 Å². The summed E-state index contributed by atoms with van der Waals surface area (Å²) in [5.74, 6) is 0.896. The first-order valence-corrected chi connectivity index (χ1v) is 5.18. The summed E-state index contributed by atoms with van der Waals surface area (Å²) >= 11 is 0. The highest BCUT2D eigenvalue weighted by Gasteiger charge is 2.31. The fourth-order valence-electron chi connectivity index (χ4n) is 2.11. The van der Waals surface area contributed by atoms with E-state index in [-0.39, 0.29) is 12.0 Å². The summed E-state index contributed by atoms with van der Waals surface area (Å²) in [6, 6.07) is 0. The second kappa shape index (κ2) is 3.66. The van der Waals surface area contributed by atoms with Crippen molar-refractivity contribution < 1.29 is 9.53 Å². The number of carbonyl (C=O) groups is 1. The summed E-state index contributed by atoms with van der Waals surface area (Å²) in [4.78, 5) is 13.8. The molecule has 2 fully saturated rings. The molecule has 2 aliphatic rings. The number of ether oxygens (including phenoxy) is 1. The molecular weight excluding hydrogens is 166 g/mol. The van der Waals surface area contributed by atoms with Crippen molar-refractivity contribution in [2.45, 2.75) is 32.3 Å². The Labute approximate surface area is 79.0 Å². The maximum atomic E-state index is 11.8. The van der Waals surface area contributed by atoms with Gasteiger partial charge in [-0.05, 0) is 25.2 Å². The van der Waals surface area contributed by atoms with Crippen LogP contribution < -0.4 is 0 Å². The summed E-state index contributed by atoms with van der Waals surface area (Å²) in [6.45, 7) is 4.82. The number of hydrogen-bond donors (Lipinski definition) is 0. The number of rotatable bonds is 1. The fraction of sp³-hybridized carbons (Fsp3) is 0.900. The molecule has 2 unspecified atom stereocenters. The highest BCUT2D eigenvalue weighted by Crippen LogP contribution is 2.20. The fourth-order valence-corrected chi connectivity index (χ4v) is 2.11. The van der Waals surface area contributed by atoms with Crippen molar-refractivity contribution in [3.63, 3.8) is 0 Å². The second-order valence-corrected chi connectivity index (χ2v) is 4.18. The number of carbonyl (C=O) groups excluding carboxylic acids is 1. The standard InChI is InChI=1S/C10H17NO2/c1-8-4-5-11(7-8)10(12)9-3-2-6-13-9/h8-9H,2-7H2,1H3. The topological polar surface area (TPSA) is 29.5 Å². The van der Waals surface area contributed by atoms with Crippen LogP contribution in [0.4, 0.5) is 0 Å². The maximum absolute atomic E-state index is 11.8. The normalized spacial score (nSPS) is 34.1. The average Bonchev–Trinajstić information content (AvgIpc) is 2.72. The van der Waals surface area contributed by atoms with Gasteiger partial charge in [0, 0.05) is 19.7 Å². The lowest BCUT2D eigenvalue weighted by molar-refractivity contribution is -0.139. The van der Waals surface area contributed by atoms with Gasteiger partial charge in [-0.25, -0.2) is 0 Å². The Hall–Kier alpha value is -0.570. The lowest BCUT2D eigenvalue weighted by Gasteiger charge is -2.19. The Morgan fingerprint density at radius 3 is 2.85 bits per heavy atom. The summed E-state index contributed by atoms with van der Waals surface area (Å²) < 4.78 is 5.37. The van der Waals surface area contributed by atoms with E-state index in [0.29, 0.717) is 5.92 Å². The highest BCUT2D eigenvalue weighted by atomic mass is 16.5. The first-order valence-electron chi connectivity index (χ1n) is 5.18. The van der Waals surface area contributed by atoms with Crippen LogP contribution in [0, 0.1) is 5.92 Å². The van der Waals surface area contributed by atoms with E-state index in [1.807, 2.05) is 4.90 Å². The Morgan fingerprint density at radius 1 is 1.46 bits per heavy atom. The quantitative estimate of drug-likeness (QED) is 0.607. The van der Waals surface area contributed by atoms with Crippen LogP contribution in [0.5, 0.6) is 0 Å². The maximum Gasteiger partial charge on any atom is 0.251 e. The molecule has 2 aliphatic heterocycles. The van der Waals surface area contributed by atoms with Gasteiger partial charge in [0.25, 0.3) is 5.91 Å². The van der Waals surface area contributed by atoms with E-state index in [1.54, 1.807) is 0 Å². The monoisotopic (exact) mass is 183 g/mol. The number of nitrogens with zero attached hydrogens (tertiary/aromatic N) is 1. The molecule has 0 radical (unpaired) electrons. The molecule has 0 aromatic carbocycles. The SMILES string of the molecule is CC1CCN(C(=O)C2CCCO2)C1. The minimum atomic E-state index is -0.120. The van der Waals surface area contributed by atoms with Crippen molar-refractivity contribution in [3.05, 3.63) is 0 Å². The molecule has 0 spiro atoms. The van der Waals surface area contributed by atoms with Crippen LogP contribution in [-0.4, -0.2) is 36.6 Å². The van der Waals surface area contributed by atoms with Gasteiger partial charge in [-0.2, -0.15) is 0 Å². The molecule has 2 atom stereocenters. The van der Waals surface area contributed by atoms with Crippen molar-refractivity contribution in [1.82, 2.24) is 4.90 Å². The molecule has 0 aromatic rings. The van der Waals surface area contributed by atoms with Gasteiger partial charge in [0.2, 0.25) is 0 Å². The molecule has 0 saturated carbocycles. The molecule has 74 valence electrons. The zero-order valence-corrected chi connectivity index (χ0v) is 8.16. The van der Waals surface area contributed by atoms with Crippen LogP contribution in [0.15, 0.2) is 0 Å². The first kappa shape index (κ1) is 9.00. The van der Waals surface area contributed by atoms with Gasteiger partial charge in [-0.15, -0.1) is 0 Å². The largest absolute Gasteiger partial charge is 0.368 e. The first-order chi connectivity index (χ1) is 6.27. The predicted octanol–water partition coefficient (Wildman–Crippen LogP) is 1.03. The highest BCUT2D eigenvalue weighted by molar-refractivity contribution is 5.81. The molecule has 2 saturated heterocycles. The lowest BCUT2D eigenvalue weighted by Crippen LogP contribution is -2.37. The van der Waals surface area contributed by atoms with Gasteiger partial charge >= 0.3 is 0 Å². The number of hydrogen-bond acceptors (Lipinski definition) is 2. The summed E-state index contributed by atoms with van der Waals surface area (Å²) in [5, 5.41) is 0. The second-order valence-electron chi connectivity index (χ2n) is 4.18. The Kier molecular flexibility index (Phi) is 2.54. The molecule has 2 rings (SSSR count). The van der Waals surface area contributed by atoms with Crippen LogP contribution in [0.2, 0.25) is 0 Å². The molecule has 0 N–H and O–H groups in total. The molecule has 0 aliphatic carbocycles. The van der Waals surface area contributed by atoms with Crippen LogP contribution in [0.1, 0.15) is 26.2 Å². The van der Waals surface area contributed by atoms with Crippen molar-refractivity contribution in [1.29, 1.82) is 0 Å². The van der Waals surface area contributed by atoms with E-state index in [1.165, 1.54) is 0 Å². The van der Waals surface area contributed by atoms with Gasteiger partial charge in [-0.1, -0.05) is 6.92 Å². The van der Waals surface area contributed by atoms with Crippen LogP contribution in [0.25, 0.3) is 0 Å². The zero-order chi connectivity index (χ0) is 9.26. The zero-order valence-electron chi connectivity index (χ0n) is 8.16. The molecule has 0 aromatic heterocycles. The summed E-state index contributed by atoms with van der Waals surface area (Å²) in [7, 11) is 0. The van der Waals surface area contributed by atoms with Crippen molar-refractivity contribution in [2.75, 3.05) is 19.7 Å². The third-order valence-electron chi connectivity index (χ3n) is 2.94. The minimum Gasteiger partial charge on any atom is -0.368 e. The Balaban J connectivity index is 1.89. The predicted molar refractivity (Wildman–Crippen MR) is 49.3 cm³/mol. The molecule has 13 heavy (non-hydrogen) atoms. The average molecular weight is 183 g/mol. The summed E-state index contributed by atoms with van der Waals surface area (Å²) in [6.07, 6.45) is 2.99. The van der Waals surface area contributed by atoms with Gasteiger partial charge in [-0.3, -0.25) is 4.79 Å². The molecule has 2 heterocycles. The smallest absolute Gasteiger partial charge is 0.251 e. The summed E-state index contributed by atoms with van der Waals surface area (Å²) in [5.41, 5.74) is 0. The van der Waals surface area contributed by atoms with E-state index in [2.05, 4.69) is 6.92 Å². The van der Waals surface area contributed by atoms with Crippen molar-refractivity contribution in [2.24, 2.45) is 5.92 Å². The molecule has 3 heteroatoms. The number of likely N-dealkylation sites (tertiary alicyclic amines) is 1. The molecule has 1 amide bonds. The van der Waals surface area contributed by atoms with Crippen molar-refractivity contribution in [3.8, 4) is 0 Å². The van der Waals surface area contributed by atoms with E-state index in [4.69, 9.17) is 4.74 Å². The Bertz CT molecular complexity index is 199. The molecular formula is C10H17NO2. The van der Waals surface area contributed by atoms with Crippen LogP contribution in [-0.2, 0) is 9.53 Å². The van der Waals surface area contributed by atoms with E-state index >= 15 is 0 Å². The van der Waals surface area contributed by atoms with Gasteiger partial charge in [0.1, 0.15) is 6.10 Å². The van der Waals surface area contributed by atoms with E-state index in [9.17, 15) is 4.79 Å². The molecule has 0 bridgehead atoms. The van der Waals surface area contributed by atoms with E-state index < -0.39 is 0 Å². The van der Waals surface area contributed by atoms with E-state index in [0.717, 1.165) is 39.0 Å². The third kappa shape index (κ3) is 1.85. The van der Waals surface area contributed by atoms with Crippen LogP contribution in [0.3, 0.4) is 0 Å². The lowest BCUT2D eigenvalue weighted by atomic mass is 10.2. The number of amides is 1. The molecule has 3 nitrogen and oxygen atoms in total. The van der Waals surface area contributed by atoms with Crippen molar-refractivity contribution >= 4 is 5.91 Å². The van der Waals surface area contributed by atoms with Crippen LogP contribution >= 0.6 is 0 Å². The third-order valence-corrected chi connectivity index (χ3v) is 2.94.